The number of esters is 3. The first-order chi connectivity index (χ1) is 30.0. The Hall–Kier alpha value is -4.81. The van der Waals surface area contributed by atoms with E-state index in [1.807, 2.05) is 0 Å². The molecule has 1 amide bonds. The summed E-state index contributed by atoms with van der Waals surface area (Å²) < 4.78 is 42.9. The molecule has 5 aliphatic carbocycles. The molecule has 8 rings (SSSR count). The monoisotopic (exact) mass is 907 g/mol. The van der Waals surface area contributed by atoms with Gasteiger partial charge in [-0.15, -0.1) is 0 Å². The summed E-state index contributed by atoms with van der Waals surface area (Å²) in [6.45, 7) is 12.5. The summed E-state index contributed by atoms with van der Waals surface area (Å²) in [6.07, 6.45) is -8.66. The Kier molecular flexibility index (Phi) is 12.4. The highest BCUT2D eigenvalue weighted by Gasteiger charge is 2.89. The number of ketones is 1. The Bertz CT molecular complexity index is 2230. The largest absolute Gasteiger partial charge is 0.456 e. The van der Waals surface area contributed by atoms with Crippen molar-refractivity contribution in [2.75, 3.05) is 19.5 Å². The number of carbonyl (C=O) groups excluding carboxylic acids is 6. The van der Waals surface area contributed by atoms with Crippen LogP contribution in [0, 0.1) is 16.7 Å². The van der Waals surface area contributed by atoms with Gasteiger partial charge in [0.15, 0.2) is 29.2 Å². The zero-order chi connectivity index (χ0) is 46.8. The van der Waals surface area contributed by atoms with Gasteiger partial charge in [-0.3, -0.25) is 9.59 Å². The molecule has 17 heteroatoms. The molecule has 5 fully saturated rings. The molecule has 16 nitrogen and oxygen atoms in total. The van der Waals surface area contributed by atoms with Crippen LogP contribution in [0.15, 0.2) is 71.8 Å². The SMILES string of the molecule is CCSC(=O)O[C@H]1C(=O)[C@]2(C)[C@@H](OC)C[C@H]3OC[C@@]3(OC(C)=O)[C@H]2[C@]2(OC(=O)c3ccccc3)C[C@@]3(C)C1=C(C)[C@@H](OC(=O)[C@H](O)[C@@H](NC(=O)OC(C)(C)C)c1ccccc1)C[C@]32O. The van der Waals surface area contributed by atoms with Gasteiger partial charge in [-0.2, -0.15) is 0 Å². The van der Waals surface area contributed by atoms with Crippen molar-refractivity contribution in [3.8, 4) is 0 Å². The smallest absolute Gasteiger partial charge is 0.408 e. The molecule has 4 saturated carbocycles. The van der Waals surface area contributed by atoms with E-state index >= 15 is 4.79 Å². The third-order valence-electron chi connectivity index (χ3n) is 14.0. The van der Waals surface area contributed by atoms with Crippen molar-refractivity contribution in [1.82, 2.24) is 5.32 Å². The lowest BCUT2D eigenvalue weighted by Gasteiger charge is -2.78. The minimum atomic E-state index is -2.28. The number of nitrogens with one attached hydrogen (secondary N) is 1. The first-order valence-electron chi connectivity index (χ1n) is 21.4. The molecular weight excluding hydrogens is 851 g/mol. The molecule has 1 heterocycles. The van der Waals surface area contributed by atoms with E-state index in [9.17, 15) is 34.2 Å². The fourth-order valence-electron chi connectivity index (χ4n) is 11.4. The van der Waals surface area contributed by atoms with Crippen LogP contribution in [0.2, 0.25) is 0 Å². The van der Waals surface area contributed by atoms with E-state index in [-0.39, 0.29) is 36.2 Å². The molecule has 0 unspecified atom stereocenters. The molecule has 1 aliphatic heterocycles. The highest BCUT2D eigenvalue weighted by molar-refractivity contribution is 8.13. The lowest BCUT2D eigenvalue weighted by Crippen LogP contribution is -2.91. The summed E-state index contributed by atoms with van der Waals surface area (Å²) in [5.41, 5.74) is -9.52. The maximum Gasteiger partial charge on any atom is 0.408 e. The second kappa shape index (κ2) is 16.9. The molecule has 0 aromatic heterocycles. The second-order valence-corrected chi connectivity index (χ2v) is 20.0. The van der Waals surface area contributed by atoms with Crippen molar-refractivity contribution in [1.29, 1.82) is 0 Å². The van der Waals surface area contributed by atoms with Gasteiger partial charge < -0.3 is 48.7 Å². The van der Waals surface area contributed by atoms with Crippen LogP contribution in [0.1, 0.15) is 96.6 Å². The number of ether oxygens (including phenoxy) is 7. The Balaban J connectivity index is 1.42. The number of aliphatic hydroxyl groups excluding tert-OH is 1. The Morgan fingerprint density at radius 1 is 0.984 bits per heavy atom. The topological polar surface area (TPSA) is 220 Å². The van der Waals surface area contributed by atoms with Crippen LogP contribution in [0.25, 0.3) is 0 Å². The van der Waals surface area contributed by atoms with Crippen molar-refractivity contribution in [2.45, 2.75) is 134 Å². The predicted octanol–water partition coefficient (Wildman–Crippen LogP) is 5.57. The summed E-state index contributed by atoms with van der Waals surface area (Å²) in [4.78, 5) is 84.7. The highest BCUT2D eigenvalue weighted by atomic mass is 32.2. The van der Waals surface area contributed by atoms with Gasteiger partial charge in [0.2, 0.25) is 0 Å². The van der Waals surface area contributed by atoms with Crippen molar-refractivity contribution in [2.24, 2.45) is 16.7 Å². The van der Waals surface area contributed by atoms with Gasteiger partial charge in [-0.25, -0.2) is 19.2 Å². The van der Waals surface area contributed by atoms with Gasteiger partial charge in [0.25, 0.3) is 0 Å². The summed E-state index contributed by atoms with van der Waals surface area (Å²) in [7, 11) is 1.40. The van der Waals surface area contributed by atoms with E-state index < -0.39 is 117 Å². The minimum absolute atomic E-state index is 0.0430. The Morgan fingerprint density at radius 3 is 2.19 bits per heavy atom. The number of benzene rings is 2. The number of hydrogen-bond donors (Lipinski definition) is 3. The van der Waals surface area contributed by atoms with Gasteiger partial charge in [0.05, 0.1) is 35.6 Å². The van der Waals surface area contributed by atoms with E-state index in [1.54, 1.807) is 97.0 Å². The number of methoxy groups -OCH3 is 1. The van der Waals surface area contributed by atoms with Gasteiger partial charge in [-0.1, -0.05) is 62.4 Å². The minimum Gasteiger partial charge on any atom is -0.456 e. The number of alkyl carbamates (subject to hydrolysis) is 1. The summed E-state index contributed by atoms with van der Waals surface area (Å²) in [5.74, 6) is -4.61. The molecule has 0 radical (unpaired) electrons. The first kappa shape index (κ1) is 47.2. The second-order valence-electron chi connectivity index (χ2n) is 18.8. The number of amides is 1. The maximum atomic E-state index is 15.9. The molecule has 6 aliphatic rings. The third kappa shape index (κ3) is 7.40. The molecular formula is C47H57NO15S. The normalized spacial score (nSPS) is 34.7. The van der Waals surface area contributed by atoms with Crippen LogP contribution in [0.4, 0.5) is 9.59 Å². The van der Waals surface area contributed by atoms with E-state index in [1.165, 1.54) is 26.2 Å². The van der Waals surface area contributed by atoms with Crippen molar-refractivity contribution >= 4 is 46.8 Å². The fraction of sp³-hybridized carbons (Fsp3) is 0.574. The molecule has 1 saturated heterocycles. The average Bonchev–Trinajstić information content (AvgIpc) is 3.22. The zero-order valence-electron chi connectivity index (χ0n) is 37.5. The van der Waals surface area contributed by atoms with Crippen LogP contribution in [-0.4, -0.2) is 118 Å². The Labute approximate surface area is 376 Å². The number of aliphatic hydroxyl groups is 2. The molecule has 12 atom stereocenters. The van der Waals surface area contributed by atoms with Gasteiger partial charge >= 0.3 is 29.3 Å². The maximum absolute atomic E-state index is 15.9. The van der Waals surface area contributed by atoms with Crippen LogP contribution in [0.3, 0.4) is 0 Å². The molecule has 64 heavy (non-hydrogen) atoms. The van der Waals surface area contributed by atoms with Crippen LogP contribution >= 0.6 is 11.8 Å². The number of Topliss-reactive ketones (excluding diaryl/α,β-unsaturated/α-hetero) is 1. The van der Waals surface area contributed by atoms with E-state index in [2.05, 4.69) is 5.32 Å². The van der Waals surface area contributed by atoms with Crippen molar-refractivity contribution in [3.05, 3.63) is 82.9 Å². The quantitative estimate of drug-likeness (QED) is 0.143. The molecule has 346 valence electrons. The van der Waals surface area contributed by atoms with E-state index in [0.717, 1.165) is 11.8 Å². The Morgan fingerprint density at radius 2 is 1.62 bits per heavy atom. The van der Waals surface area contributed by atoms with Crippen LogP contribution < -0.4 is 5.32 Å². The van der Waals surface area contributed by atoms with Gasteiger partial charge in [0.1, 0.15) is 23.4 Å². The average molecular weight is 908 g/mol. The number of fused-ring (bicyclic) bond motifs is 2. The van der Waals surface area contributed by atoms with Crippen LogP contribution in [-0.2, 0) is 47.5 Å². The van der Waals surface area contributed by atoms with E-state index in [0.29, 0.717) is 11.3 Å². The summed E-state index contributed by atoms with van der Waals surface area (Å²) >= 11 is 0.816. The lowest BCUT2D eigenvalue weighted by atomic mass is 9.31. The third-order valence-corrected chi connectivity index (χ3v) is 14.6. The van der Waals surface area contributed by atoms with Gasteiger partial charge in [-0.05, 0) is 75.2 Å². The van der Waals surface area contributed by atoms with E-state index in [4.69, 9.17) is 33.2 Å². The molecule has 0 spiro atoms. The number of hydrogen-bond acceptors (Lipinski definition) is 16. The first-order valence-corrected chi connectivity index (χ1v) is 22.4. The van der Waals surface area contributed by atoms with Crippen LogP contribution in [0.5, 0.6) is 0 Å². The van der Waals surface area contributed by atoms with Gasteiger partial charge in [0, 0.05) is 44.5 Å². The molecule has 4 bridgehead atoms. The molecule has 2 aromatic carbocycles. The number of rotatable bonds is 11. The highest BCUT2D eigenvalue weighted by Crippen LogP contribution is 2.77. The summed E-state index contributed by atoms with van der Waals surface area (Å²) in [6, 6.07) is 14.9. The zero-order valence-corrected chi connectivity index (χ0v) is 38.3. The lowest BCUT2D eigenvalue weighted by molar-refractivity contribution is -0.404. The predicted molar refractivity (Wildman–Crippen MR) is 229 cm³/mol. The number of carbonyl (C=O) groups is 6. The fourth-order valence-corrected chi connectivity index (χ4v) is 11.8. The summed E-state index contributed by atoms with van der Waals surface area (Å²) in [5, 5.41) is 27.5. The van der Waals surface area contributed by atoms with Crippen molar-refractivity contribution in [3.63, 3.8) is 0 Å². The van der Waals surface area contributed by atoms with Crippen molar-refractivity contribution < 1.29 is 72.1 Å². The standard InChI is InChI=1S/C47H57NO15S/c1-10-64-41(55)60-35-32-25(2)29(59-38(53)34(50)33(27-17-13-11-14-18-27)48-40(54)63-42(4,5)6)22-47(56)43(32,7)23-46(47,62-37(52)28-19-15-12-16-20-28)39-44(8,36(35)51)30(57-9)21-31-45(39,24-58-31)61-26(3)49/h11-20,29-31,33-35,39,50,56H,10,21-24H2,1-9H3,(H,48,54)/t29-,30-,31+,33-,34+,35+,39-,43-,44-,45-,46+,47-/m0/s1. The molecule has 3 N–H and O–H groups in total. The molecule has 2 aromatic rings. The number of thioether (sulfide) groups is 1.